The number of nitrogens with zero attached hydrogens (tertiary/aromatic N) is 3. The zero-order chi connectivity index (χ0) is 76.5. The zero-order valence-electron chi connectivity index (χ0n) is 63.7. The molecule has 0 aliphatic heterocycles. The monoisotopic (exact) mass is 1480 g/mol. The van der Waals surface area contributed by atoms with Crippen molar-refractivity contribution in [1.29, 1.82) is 0 Å². The summed E-state index contributed by atoms with van der Waals surface area (Å²) in [6, 6.07) is 145. The van der Waals surface area contributed by atoms with Gasteiger partial charge in [0.2, 0.25) is 0 Å². The van der Waals surface area contributed by atoms with E-state index in [4.69, 9.17) is 0 Å². The van der Waals surface area contributed by atoms with Crippen molar-refractivity contribution in [2.24, 2.45) is 0 Å². The first-order valence-corrected chi connectivity index (χ1v) is 40.2. The lowest BCUT2D eigenvalue weighted by atomic mass is 9.93. The Bertz CT molecular complexity index is 8240. The molecule has 0 saturated heterocycles. The summed E-state index contributed by atoms with van der Waals surface area (Å²) in [6.07, 6.45) is 0. The Kier molecular flexibility index (Phi) is 15.5. The minimum Gasteiger partial charge on any atom is -0.354 e. The summed E-state index contributed by atoms with van der Waals surface area (Å²) in [6.45, 7) is 3.19. The van der Waals surface area contributed by atoms with E-state index in [0.29, 0.717) is 0 Å². The summed E-state index contributed by atoms with van der Waals surface area (Å²) in [5.41, 5.74) is 29.4. The maximum absolute atomic E-state index is 3.68. The van der Waals surface area contributed by atoms with Crippen LogP contribution in [0.25, 0.3) is 230 Å². The van der Waals surface area contributed by atoms with Gasteiger partial charge in [0.1, 0.15) is 0 Å². The molecule has 0 unspecified atom stereocenters. The normalized spacial score (nSPS) is 11.9. The van der Waals surface area contributed by atoms with Gasteiger partial charge in [-0.3, -0.25) is 0 Å². The Morgan fingerprint density at radius 1 is 0.181 bits per heavy atom. The summed E-state index contributed by atoms with van der Waals surface area (Å²) >= 11 is 0. The van der Waals surface area contributed by atoms with Crippen molar-refractivity contribution >= 4 is 163 Å². The van der Waals surface area contributed by atoms with Crippen LogP contribution < -0.4 is 0 Å². The summed E-state index contributed by atoms with van der Waals surface area (Å²) < 4.78 is 7.15. The Morgan fingerprint density at radius 3 is 0.922 bits per heavy atom. The molecular formula is C110H74N6. The standard InChI is InChI=1S/2C40H26N2.C30H22N2/c1-2-13-29(14-3-1)42-38-20-9-7-17-32(38)35-24-27(21-22-39(35)42)26-11-10-12-28(23-26)34-25-36-31-16-6-8-19-37(31)41-40(36)33-18-5-4-15-30(33)34;1-2-10-29(11-3-1)42-38-17-9-7-14-32(38)35-24-28(22-23-39(35)42)26-18-20-27(21-19-26)34-25-36-31-13-6-8-16-37(31)41-40(36)33-15-5-4-12-30(33)34;1-2-32-28-14-8-6-11-22(28)25-17-19(15-16-29(25)32)24-18-26-21-10-5-7-13-27(21)31-30(26)23-12-4-3-9-20(23)24/h2*1-25,41H;3-18,31H,2H2,1H3. The van der Waals surface area contributed by atoms with Crippen molar-refractivity contribution in [3.8, 4) is 67.0 Å². The second kappa shape index (κ2) is 27.0. The first kappa shape index (κ1) is 66.5. The molecule has 0 aliphatic rings. The van der Waals surface area contributed by atoms with Crippen LogP contribution in [-0.2, 0) is 6.54 Å². The minimum atomic E-state index is 0.966. The van der Waals surface area contributed by atoms with Crippen molar-refractivity contribution in [3.63, 3.8) is 0 Å². The Balaban J connectivity index is 0.000000104. The number of fused-ring (bicyclic) bond motifs is 24. The molecule has 0 aliphatic carbocycles. The van der Waals surface area contributed by atoms with Crippen molar-refractivity contribution in [3.05, 3.63) is 400 Å². The fourth-order valence-electron chi connectivity index (χ4n) is 19.1. The van der Waals surface area contributed by atoms with Gasteiger partial charge in [0.05, 0.1) is 38.6 Å². The van der Waals surface area contributed by atoms with Crippen LogP contribution in [0.4, 0.5) is 0 Å². The molecule has 116 heavy (non-hydrogen) atoms. The fourth-order valence-corrected chi connectivity index (χ4v) is 19.1. The number of aryl methyl sites for hydroxylation is 1. The Hall–Kier alpha value is -15.2. The summed E-state index contributed by atoms with van der Waals surface area (Å²) in [5, 5.41) is 22.9. The van der Waals surface area contributed by atoms with Gasteiger partial charge >= 0.3 is 0 Å². The summed E-state index contributed by atoms with van der Waals surface area (Å²) in [4.78, 5) is 11.0. The van der Waals surface area contributed by atoms with Gasteiger partial charge in [0.15, 0.2) is 0 Å². The summed E-state index contributed by atoms with van der Waals surface area (Å²) in [5.74, 6) is 0. The maximum atomic E-state index is 3.68. The molecule has 6 heteroatoms. The van der Waals surface area contributed by atoms with E-state index in [2.05, 4.69) is 436 Å². The number of benzene rings is 19. The van der Waals surface area contributed by atoms with Crippen molar-refractivity contribution < 1.29 is 0 Å². The number of rotatable bonds is 8. The lowest BCUT2D eigenvalue weighted by Gasteiger charge is -2.11. The maximum Gasteiger partial charge on any atom is 0.0544 e. The highest BCUT2D eigenvalue weighted by atomic mass is 15.0. The van der Waals surface area contributed by atoms with Gasteiger partial charge in [-0.25, -0.2) is 0 Å². The first-order valence-electron chi connectivity index (χ1n) is 40.2. The lowest BCUT2D eigenvalue weighted by molar-refractivity contribution is 0.827. The smallest absolute Gasteiger partial charge is 0.0544 e. The molecule has 0 saturated carbocycles. The molecule has 544 valence electrons. The van der Waals surface area contributed by atoms with Gasteiger partial charge in [-0.2, -0.15) is 0 Å². The zero-order valence-corrected chi connectivity index (χ0v) is 63.7. The second-order valence-corrected chi connectivity index (χ2v) is 30.7. The number of aromatic nitrogens is 6. The van der Waals surface area contributed by atoms with E-state index in [1.807, 2.05) is 0 Å². The van der Waals surface area contributed by atoms with Gasteiger partial charge < -0.3 is 28.7 Å². The number of nitrogens with one attached hydrogen (secondary N) is 3. The van der Waals surface area contributed by atoms with Crippen molar-refractivity contribution in [2.45, 2.75) is 13.5 Å². The molecule has 0 atom stereocenters. The third kappa shape index (κ3) is 10.7. The van der Waals surface area contributed by atoms with Gasteiger partial charge in [-0.15, -0.1) is 0 Å². The van der Waals surface area contributed by atoms with Gasteiger partial charge in [0, 0.05) is 126 Å². The van der Waals surface area contributed by atoms with Crippen LogP contribution in [0.5, 0.6) is 0 Å². The predicted molar refractivity (Wildman–Crippen MR) is 494 cm³/mol. The van der Waals surface area contributed by atoms with Crippen LogP contribution in [0.3, 0.4) is 0 Å². The largest absolute Gasteiger partial charge is 0.354 e. The van der Waals surface area contributed by atoms with E-state index in [1.165, 1.54) is 230 Å². The highest BCUT2D eigenvalue weighted by Crippen LogP contribution is 2.46. The molecule has 25 aromatic rings. The van der Waals surface area contributed by atoms with E-state index in [-0.39, 0.29) is 0 Å². The fraction of sp³-hybridized carbons (Fsp3) is 0.0182. The molecule has 6 heterocycles. The number of H-pyrrole nitrogens is 3. The molecule has 0 amide bonds. The summed E-state index contributed by atoms with van der Waals surface area (Å²) in [7, 11) is 0. The van der Waals surface area contributed by atoms with E-state index in [1.54, 1.807) is 0 Å². The van der Waals surface area contributed by atoms with E-state index in [0.717, 1.165) is 6.54 Å². The molecule has 0 radical (unpaired) electrons. The van der Waals surface area contributed by atoms with E-state index < -0.39 is 0 Å². The minimum absolute atomic E-state index is 0.966. The van der Waals surface area contributed by atoms with Crippen molar-refractivity contribution in [2.75, 3.05) is 0 Å². The van der Waals surface area contributed by atoms with Crippen LogP contribution in [0.1, 0.15) is 6.92 Å². The Labute approximate surface area is 668 Å². The lowest BCUT2D eigenvalue weighted by Crippen LogP contribution is -1.92. The first-order chi connectivity index (χ1) is 57.5. The predicted octanol–water partition coefficient (Wildman–Crippen LogP) is 30.1. The topological polar surface area (TPSA) is 62.2 Å². The molecule has 3 N–H and O–H groups in total. The van der Waals surface area contributed by atoms with Gasteiger partial charge in [-0.1, -0.05) is 279 Å². The van der Waals surface area contributed by atoms with Gasteiger partial charge in [0.25, 0.3) is 0 Å². The van der Waals surface area contributed by atoms with Crippen LogP contribution in [0.2, 0.25) is 0 Å². The average Bonchev–Trinajstić information content (AvgIpc) is 1.57. The number of hydrogen-bond acceptors (Lipinski definition) is 0. The SMILES string of the molecule is CCn1c2ccccc2c2cc(-c3cc4c5ccccc5[nH]c4c4ccccc34)ccc21.c1ccc(-n2c3ccccc3c3cc(-c4ccc(-c5cc6c7ccccc7[nH]c6c6ccccc56)cc4)ccc32)cc1.c1ccc(-n2c3ccccc3c3cc(-c4cccc(-c5cc6c7ccccc7[nH]c6c6ccccc56)c4)ccc32)cc1. The molecule has 6 nitrogen and oxygen atoms in total. The Morgan fingerprint density at radius 2 is 0.466 bits per heavy atom. The molecule has 0 spiro atoms. The molecule has 19 aromatic carbocycles. The number of para-hydroxylation sites is 8. The van der Waals surface area contributed by atoms with Crippen LogP contribution in [0.15, 0.2) is 400 Å². The molecule has 6 aromatic heterocycles. The molecule has 0 bridgehead atoms. The third-order valence-corrected chi connectivity index (χ3v) is 24.4. The van der Waals surface area contributed by atoms with E-state index in [9.17, 15) is 0 Å². The van der Waals surface area contributed by atoms with Crippen molar-refractivity contribution in [1.82, 2.24) is 28.7 Å². The molecular weight excluding hydrogens is 1410 g/mol. The highest BCUT2D eigenvalue weighted by Gasteiger charge is 2.21. The van der Waals surface area contributed by atoms with Crippen LogP contribution in [0, 0.1) is 0 Å². The molecule has 0 fully saturated rings. The number of aromatic amines is 3. The molecule has 25 rings (SSSR count). The van der Waals surface area contributed by atoms with E-state index >= 15 is 0 Å². The average molecular weight is 1480 g/mol. The highest BCUT2D eigenvalue weighted by molar-refractivity contribution is 6.24. The van der Waals surface area contributed by atoms with Crippen LogP contribution >= 0.6 is 0 Å². The quantitative estimate of drug-likeness (QED) is 0.136. The van der Waals surface area contributed by atoms with Crippen LogP contribution in [-0.4, -0.2) is 28.7 Å². The number of hydrogen-bond donors (Lipinski definition) is 3. The van der Waals surface area contributed by atoms with Gasteiger partial charge in [-0.05, 0) is 200 Å². The third-order valence-electron chi connectivity index (χ3n) is 24.4. The second-order valence-electron chi connectivity index (χ2n) is 30.7.